The summed E-state index contributed by atoms with van der Waals surface area (Å²) in [5.41, 5.74) is 2.57. The largest absolute Gasteiger partial charge is 0.380 e. The van der Waals surface area contributed by atoms with Crippen molar-refractivity contribution in [3.63, 3.8) is 0 Å². The molecule has 3 N–H and O–H groups in total. The first-order chi connectivity index (χ1) is 7.41. The van der Waals surface area contributed by atoms with Crippen LogP contribution in [0.1, 0.15) is 58.3 Å². The molecule has 0 aromatic rings. The number of hydrazine groups is 1. The molecule has 0 aliphatic heterocycles. The van der Waals surface area contributed by atoms with Crippen molar-refractivity contribution in [1.29, 1.82) is 0 Å². The van der Waals surface area contributed by atoms with Crippen LogP contribution in [0, 0.1) is 0 Å². The van der Waals surface area contributed by atoms with Gasteiger partial charge in [-0.3, -0.25) is 11.3 Å². The molecular weight excluding hydrogens is 188 g/mol. The molecule has 0 bridgehead atoms. The van der Waals surface area contributed by atoms with E-state index in [4.69, 9.17) is 10.6 Å². The van der Waals surface area contributed by atoms with E-state index in [2.05, 4.69) is 12.3 Å². The van der Waals surface area contributed by atoms with E-state index in [0.29, 0.717) is 0 Å². The molecule has 0 spiro atoms. The third-order valence-corrected chi connectivity index (χ3v) is 2.53. The molecule has 92 valence electrons. The summed E-state index contributed by atoms with van der Waals surface area (Å²) < 4.78 is 5.38. The highest BCUT2D eigenvalue weighted by molar-refractivity contribution is 4.46. The van der Waals surface area contributed by atoms with Crippen molar-refractivity contribution >= 4 is 0 Å². The zero-order valence-electron chi connectivity index (χ0n) is 10.3. The Morgan fingerprint density at radius 2 is 1.47 bits per heavy atom. The lowest BCUT2D eigenvalue weighted by atomic mass is 10.1. The lowest BCUT2D eigenvalue weighted by molar-refractivity contribution is 0.132. The van der Waals surface area contributed by atoms with Crippen molar-refractivity contribution in [3.8, 4) is 0 Å². The highest BCUT2D eigenvalue weighted by atomic mass is 16.5. The maximum absolute atomic E-state index is 5.38. The molecule has 0 aliphatic rings. The molecule has 0 aromatic heterocycles. The molecule has 3 nitrogen and oxygen atoms in total. The van der Waals surface area contributed by atoms with Crippen LogP contribution in [0.5, 0.6) is 0 Å². The first-order valence-electron chi connectivity index (χ1n) is 6.43. The van der Waals surface area contributed by atoms with Gasteiger partial charge in [0.2, 0.25) is 0 Å². The first kappa shape index (κ1) is 14.9. The minimum atomic E-state index is 0.729. The van der Waals surface area contributed by atoms with Gasteiger partial charge in [0, 0.05) is 13.2 Å². The van der Waals surface area contributed by atoms with E-state index >= 15 is 0 Å². The second-order valence-corrected chi connectivity index (χ2v) is 4.04. The van der Waals surface area contributed by atoms with E-state index in [-0.39, 0.29) is 0 Å². The molecule has 0 saturated heterocycles. The van der Waals surface area contributed by atoms with E-state index in [9.17, 15) is 0 Å². The van der Waals surface area contributed by atoms with Crippen LogP contribution >= 0.6 is 0 Å². The van der Waals surface area contributed by atoms with Crippen molar-refractivity contribution < 1.29 is 4.74 Å². The maximum Gasteiger partial charge on any atom is 0.0604 e. The number of ether oxygens (including phenoxy) is 1. The van der Waals surface area contributed by atoms with Crippen molar-refractivity contribution in [2.24, 2.45) is 5.84 Å². The minimum Gasteiger partial charge on any atom is -0.380 e. The molecule has 0 aromatic carbocycles. The molecule has 0 fully saturated rings. The van der Waals surface area contributed by atoms with E-state index in [1.54, 1.807) is 0 Å². The van der Waals surface area contributed by atoms with Gasteiger partial charge in [0.1, 0.15) is 0 Å². The number of hydrogen-bond acceptors (Lipinski definition) is 3. The van der Waals surface area contributed by atoms with Gasteiger partial charge < -0.3 is 4.74 Å². The van der Waals surface area contributed by atoms with Crippen molar-refractivity contribution in [3.05, 3.63) is 0 Å². The molecule has 0 amide bonds. The normalized spacial score (nSPS) is 10.8. The second kappa shape index (κ2) is 13.9. The Labute approximate surface area is 94.7 Å². The van der Waals surface area contributed by atoms with Crippen LogP contribution in [0.4, 0.5) is 0 Å². The van der Waals surface area contributed by atoms with Gasteiger partial charge in [0.15, 0.2) is 0 Å². The number of rotatable bonds is 12. The molecular formula is C12H28N2O. The summed E-state index contributed by atoms with van der Waals surface area (Å²) in [5.74, 6) is 5.12. The Kier molecular flexibility index (Phi) is 13.8. The fraction of sp³-hybridized carbons (Fsp3) is 1.00. The Morgan fingerprint density at radius 1 is 0.867 bits per heavy atom. The van der Waals surface area contributed by atoms with Gasteiger partial charge >= 0.3 is 0 Å². The average molecular weight is 216 g/mol. The smallest absolute Gasteiger partial charge is 0.0604 e. The molecule has 0 unspecified atom stereocenters. The Bertz CT molecular complexity index is 97.8. The topological polar surface area (TPSA) is 47.3 Å². The summed E-state index contributed by atoms with van der Waals surface area (Å²) in [6, 6.07) is 0. The third kappa shape index (κ3) is 13.9. The zero-order valence-corrected chi connectivity index (χ0v) is 10.3. The van der Waals surface area contributed by atoms with Crippen LogP contribution in [0.15, 0.2) is 0 Å². The predicted molar refractivity (Wildman–Crippen MR) is 65.6 cm³/mol. The van der Waals surface area contributed by atoms with Crippen molar-refractivity contribution in [2.75, 3.05) is 19.8 Å². The molecule has 3 heteroatoms. The summed E-state index contributed by atoms with van der Waals surface area (Å²) >= 11 is 0. The maximum atomic E-state index is 5.38. The van der Waals surface area contributed by atoms with E-state index in [1.165, 1.54) is 51.4 Å². The van der Waals surface area contributed by atoms with Crippen LogP contribution in [-0.4, -0.2) is 19.8 Å². The third-order valence-electron chi connectivity index (χ3n) is 2.53. The Morgan fingerprint density at radius 3 is 2.07 bits per heavy atom. The number of nitrogens with two attached hydrogens (primary N) is 1. The zero-order chi connectivity index (χ0) is 11.2. The van der Waals surface area contributed by atoms with Crippen LogP contribution in [0.25, 0.3) is 0 Å². The van der Waals surface area contributed by atoms with Gasteiger partial charge in [-0.05, 0) is 6.42 Å². The summed E-state index contributed by atoms with van der Waals surface area (Å²) in [6.07, 6.45) is 10.8. The van der Waals surface area contributed by atoms with E-state index in [1.807, 2.05) is 0 Å². The number of hydrogen-bond donors (Lipinski definition) is 2. The quantitative estimate of drug-likeness (QED) is 0.299. The van der Waals surface area contributed by atoms with Crippen LogP contribution in [0.2, 0.25) is 0 Å². The number of nitrogens with one attached hydrogen (secondary N) is 1. The highest BCUT2D eigenvalue weighted by Gasteiger charge is 1.91. The van der Waals surface area contributed by atoms with Gasteiger partial charge in [-0.25, -0.2) is 0 Å². The van der Waals surface area contributed by atoms with Crippen molar-refractivity contribution in [1.82, 2.24) is 5.43 Å². The van der Waals surface area contributed by atoms with E-state index < -0.39 is 0 Å². The summed E-state index contributed by atoms with van der Waals surface area (Å²) in [7, 11) is 0. The van der Waals surface area contributed by atoms with Gasteiger partial charge in [0.05, 0.1) is 6.61 Å². The lowest BCUT2D eigenvalue weighted by Gasteiger charge is -2.03. The van der Waals surface area contributed by atoms with Crippen molar-refractivity contribution in [2.45, 2.75) is 58.3 Å². The molecule has 0 saturated carbocycles. The molecule has 0 atom stereocenters. The molecule has 0 aliphatic carbocycles. The van der Waals surface area contributed by atoms with Crippen LogP contribution < -0.4 is 11.3 Å². The predicted octanol–water partition coefficient (Wildman–Crippen LogP) is 2.61. The van der Waals surface area contributed by atoms with Crippen LogP contribution in [0.3, 0.4) is 0 Å². The molecule has 0 rings (SSSR count). The summed E-state index contributed by atoms with van der Waals surface area (Å²) in [4.78, 5) is 0. The first-order valence-corrected chi connectivity index (χ1v) is 6.43. The average Bonchev–Trinajstić information content (AvgIpc) is 2.26. The summed E-state index contributed by atoms with van der Waals surface area (Å²) in [5, 5.41) is 0. The van der Waals surface area contributed by atoms with Gasteiger partial charge in [-0.2, -0.15) is 0 Å². The van der Waals surface area contributed by atoms with Gasteiger partial charge in [-0.1, -0.05) is 51.9 Å². The number of unbranched alkanes of at least 4 members (excludes halogenated alkanes) is 7. The fourth-order valence-corrected chi connectivity index (χ4v) is 1.57. The molecule has 15 heavy (non-hydrogen) atoms. The van der Waals surface area contributed by atoms with Crippen LogP contribution in [-0.2, 0) is 4.74 Å². The lowest BCUT2D eigenvalue weighted by Crippen LogP contribution is -2.26. The SMILES string of the molecule is CCCCCCCCCCOCCNN. The minimum absolute atomic E-state index is 0.729. The molecule has 0 heterocycles. The second-order valence-electron chi connectivity index (χ2n) is 4.04. The van der Waals surface area contributed by atoms with Gasteiger partial charge in [-0.15, -0.1) is 0 Å². The fourth-order valence-electron chi connectivity index (χ4n) is 1.57. The van der Waals surface area contributed by atoms with Gasteiger partial charge in [0.25, 0.3) is 0 Å². The highest BCUT2D eigenvalue weighted by Crippen LogP contribution is 2.08. The Hall–Kier alpha value is -0.120. The monoisotopic (exact) mass is 216 g/mol. The van der Waals surface area contributed by atoms with E-state index in [0.717, 1.165) is 19.8 Å². The Balaban J connectivity index is 2.81. The summed E-state index contributed by atoms with van der Waals surface area (Å²) in [6.45, 7) is 4.62. The molecule has 0 radical (unpaired) electrons. The standard InChI is InChI=1S/C12H28N2O/c1-2-3-4-5-6-7-8-9-11-15-12-10-14-13/h14H,2-13H2,1H3.